The summed E-state index contributed by atoms with van der Waals surface area (Å²) in [5, 5.41) is 21.8. The number of nitrogens with zero attached hydrogens (tertiary/aromatic N) is 1. The third-order valence-corrected chi connectivity index (χ3v) is 4.24. The van der Waals surface area contributed by atoms with E-state index in [0.29, 0.717) is 12.8 Å². The van der Waals surface area contributed by atoms with Crippen LogP contribution in [0.5, 0.6) is 0 Å². The Morgan fingerprint density at radius 2 is 1.96 bits per heavy atom. The maximum absolute atomic E-state index is 11.8. The molecule has 23 heavy (non-hydrogen) atoms. The number of rotatable bonds is 8. The lowest BCUT2D eigenvalue weighted by atomic mass is 9.92. The van der Waals surface area contributed by atoms with Crippen LogP contribution in [-0.2, 0) is 14.3 Å². The summed E-state index contributed by atoms with van der Waals surface area (Å²) >= 11 is 0. The number of carboxylic acid groups (broad SMARTS) is 2. The van der Waals surface area contributed by atoms with Crippen molar-refractivity contribution in [3.05, 3.63) is 0 Å². The Kier molecular flexibility index (Phi) is 6.80. The van der Waals surface area contributed by atoms with E-state index in [1.807, 2.05) is 13.8 Å². The molecule has 0 spiro atoms. The third kappa shape index (κ3) is 4.57. The minimum Gasteiger partial charge on any atom is -0.479 e. The summed E-state index contributed by atoms with van der Waals surface area (Å²) in [4.78, 5) is 35.7. The lowest BCUT2D eigenvalue weighted by Crippen LogP contribution is -2.54. The van der Waals surface area contributed by atoms with Crippen molar-refractivity contribution in [2.24, 2.45) is 5.92 Å². The Morgan fingerprint density at radius 1 is 1.30 bits per heavy atom. The molecule has 1 fully saturated rings. The zero-order chi connectivity index (χ0) is 17.6. The van der Waals surface area contributed by atoms with Gasteiger partial charge in [0.15, 0.2) is 0 Å². The summed E-state index contributed by atoms with van der Waals surface area (Å²) in [5.41, 5.74) is -1.42. The Hall–Kier alpha value is -1.83. The highest BCUT2D eigenvalue weighted by Crippen LogP contribution is 2.32. The molecule has 0 aromatic carbocycles. The molecular formula is C15H26N2O6. The van der Waals surface area contributed by atoms with Crippen LogP contribution in [0.3, 0.4) is 0 Å². The minimum atomic E-state index is -1.42. The second kappa shape index (κ2) is 8.14. The van der Waals surface area contributed by atoms with E-state index in [9.17, 15) is 24.6 Å². The number of carbonyl (C=O) groups is 3. The Labute approximate surface area is 135 Å². The van der Waals surface area contributed by atoms with Crippen LogP contribution in [0, 0.1) is 5.92 Å². The Bertz CT molecular complexity index is 453. The van der Waals surface area contributed by atoms with Gasteiger partial charge in [0.05, 0.1) is 7.11 Å². The molecule has 1 heterocycles. The van der Waals surface area contributed by atoms with Gasteiger partial charge >= 0.3 is 18.0 Å². The lowest BCUT2D eigenvalue weighted by Gasteiger charge is -2.33. The molecule has 0 aromatic rings. The smallest absolute Gasteiger partial charge is 0.408 e. The second-order valence-electron chi connectivity index (χ2n) is 6.28. The normalized spacial score (nSPS) is 22.2. The molecule has 8 nitrogen and oxygen atoms in total. The number of esters is 1. The standard InChI is InChI=1S/C15H26N2O6/c1-10(2)9-11(12(18)23-3)16-7-6-15(13(19)20)5-4-8-17(15)14(21)22/h10-11,16H,4-9H2,1-3H3,(H,19,20)(H,21,22)/t11-,15-/m0/s1. The minimum absolute atomic E-state index is 0.111. The zero-order valence-corrected chi connectivity index (χ0v) is 13.9. The van der Waals surface area contributed by atoms with Gasteiger partial charge in [0.25, 0.3) is 0 Å². The van der Waals surface area contributed by atoms with Gasteiger partial charge in [-0.3, -0.25) is 9.69 Å². The van der Waals surface area contributed by atoms with Gasteiger partial charge in [0.2, 0.25) is 0 Å². The number of nitrogens with one attached hydrogen (secondary N) is 1. The van der Waals surface area contributed by atoms with Gasteiger partial charge in [-0.2, -0.15) is 0 Å². The van der Waals surface area contributed by atoms with Crippen molar-refractivity contribution in [1.29, 1.82) is 0 Å². The van der Waals surface area contributed by atoms with Crippen molar-refractivity contribution < 1.29 is 29.3 Å². The molecule has 1 rings (SSSR count). The van der Waals surface area contributed by atoms with E-state index < -0.39 is 29.6 Å². The van der Waals surface area contributed by atoms with Crippen LogP contribution in [-0.4, -0.2) is 64.9 Å². The molecule has 2 atom stereocenters. The molecule has 1 amide bonds. The van der Waals surface area contributed by atoms with Crippen LogP contribution in [0.2, 0.25) is 0 Å². The molecule has 0 unspecified atom stereocenters. The fourth-order valence-corrected chi connectivity index (χ4v) is 3.08. The molecular weight excluding hydrogens is 304 g/mol. The Morgan fingerprint density at radius 3 is 2.43 bits per heavy atom. The summed E-state index contributed by atoms with van der Waals surface area (Å²) in [6, 6.07) is -0.523. The van der Waals surface area contributed by atoms with E-state index in [-0.39, 0.29) is 31.8 Å². The summed E-state index contributed by atoms with van der Waals surface area (Å²) in [7, 11) is 1.30. The first-order chi connectivity index (χ1) is 10.7. The number of methoxy groups -OCH3 is 1. The number of hydrogen-bond acceptors (Lipinski definition) is 5. The molecule has 132 valence electrons. The third-order valence-electron chi connectivity index (χ3n) is 4.24. The molecule has 0 bridgehead atoms. The number of hydrogen-bond donors (Lipinski definition) is 3. The summed E-state index contributed by atoms with van der Waals surface area (Å²) in [6.07, 6.45) is 0.251. The van der Waals surface area contributed by atoms with Gasteiger partial charge in [-0.05, 0) is 38.1 Å². The van der Waals surface area contributed by atoms with Crippen LogP contribution in [0.25, 0.3) is 0 Å². The molecule has 8 heteroatoms. The highest BCUT2D eigenvalue weighted by atomic mass is 16.5. The second-order valence-corrected chi connectivity index (χ2v) is 6.28. The first kappa shape index (κ1) is 19.2. The summed E-state index contributed by atoms with van der Waals surface area (Å²) in [5.74, 6) is -1.27. The summed E-state index contributed by atoms with van der Waals surface area (Å²) in [6.45, 7) is 4.38. The molecule has 0 aromatic heterocycles. The predicted octanol–water partition coefficient (Wildman–Crippen LogP) is 1.15. The van der Waals surface area contributed by atoms with Crippen molar-refractivity contribution in [3.8, 4) is 0 Å². The largest absolute Gasteiger partial charge is 0.479 e. The highest BCUT2D eigenvalue weighted by Gasteiger charge is 2.49. The fourth-order valence-electron chi connectivity index (χ4n) is 3.08. The van der Waals surface area contributed by atoms with Crippen molar-refractivity contribution in [3.63, 3.8) is 0 Å². The fraction of sp³-hybridized carbons (Fsp3) is 0.800. The first-order valence-corrected chi connectivity index (χ1v) is 7.79. The lowest BCUT2D eigenvalue weighted by molar-refractivity contribution is -0.149. The van der Waals surface area contributed by atoms with Gasteiger partial charge in [0, 0.05) is 6.54 Å². The number of amides is 1. The quantitative estimate of drug-likeness (QED) is 0.572. The van der Waals surface area contributed by atoms with E-state index in [0.717, 1.165) is 4.90 Å². The van der Waals surface area contributed by atoms with Crippen LogP contribution in [0.4, 0.5) is 4.79 Å². The number of likely N-dealkylation sites (tertiary alicyclic amines) is 1. The van der Waals surface area contributed by atoms with Crippen LogP contribution >= 0.6 is 0 Å². The Balaban J connectivity index is 2.73. The highest BCUT2D eigenvalue weighted by molar-refractivity contribution is 5.84. The van der Waals surface area contributed by atoms with Crippen LogP contribution < -0.4 is 5.32 Å². The number of ether oxygens (including phenoxy) is 1. The van der Waals surface area contributed by atoms with Crippen LogP contribution in [0.1, 0.15) is 39.5 Å². The number of carboxylic acids is 1. The molecule has 1 saturated heterocycles. The van der Waals surface area contributed by atoms with E-state index >= 15 is 0 Å². The average Bonchev–Trinajstić information content (AvgIpc) is 2.90. The molecule has 3 N–H and O–H groups in total. The zero-order valence-electron chi connectivity index (χ0n) is 13.9. The van der Waals surface area contributed by atoms with Gasteiger partial charge in [-0.15, -0.1) is 0 Å². The van der Waals surface area contributed by atoms with E-state index in [2.05, 4.69) is 5.32 Å². The maximum atomic E-state index is 11.8. The van der Waals surface area contributed by atoms with Crippen molar-refractivity contribution in [1.82, 2.24) is 10.2 Å². The van der Waals surface area contributed by atoms with Crippen LogP contribution in [0.15, 0.2) is 0 Å². The molecule has 0 radical (unpaired) electrons. The van der Waals surface area contributed by atoms with Gasteiger partial charge in [0.1, 0.15) is 11.6 Å². The predicted molar refractivity (Wildman–Crippen MR) is 82.2 cm³/mol. The maximum Gasteiger partial charge on any atom is 0.408 e. The van der Waals surface area contributed by atoms with Crippen molar-refractivity contribution in [2.45, 2.75) is 51.1 Å². The molecule has 0 saturated carbocycles. The van der Waals surface area contributed by atoms with Crippen molar-refractivity contribution >= 4 is 18.0 Å². The number of aliphatic carboxylic acids is 1. The molecule has 1 aliphatic rings. The van der Waals surface area contributed by atoms with Crippen molar-refractivity contribution in [2.75, 3.05) is 20.2 Å². The SMILES string of the molecule is COC(=O)[C@H](CC(C)C)NCC[C@]1(C(=O)O)CCCN1C(=O)O. The molecule has 1 aliphatic heterocycles. The summed E-state index contributed by atoms with van der Waals surface area (Å²) < 4.78 is 4.75. The average molecular weight is 330 g/mol. The topological polar surface area (TPSA) is 116 Å². The van der Waals surface area contributed by atoms with E-state index in [1.165, 1.54) is 7.11 Å². The van der Waals surface area contributed by atoms with E-state index in [4.69, 9.17) is 4.74 Å². The molecule has 0 aliphatic carbocycles. The van der Waals surface area contributed by atoms with E-state index in [1.54, 1.807) is 0 Å². The first-order valence-electron chi connectivity index (χ1n) is 7.79. The van der Waals surface area contributed by atoms with Gasteiger partial charge < -0.3 is 20.3 Å². The monoisotopic (exact) mass is 330 g/mol. The van der Waals surface area contributed by atoms with Gasteiger partial charge in [-0.25, -0.2) is 9.59 Å². The number of carbonyl (C=O) groups excluding carboxylic acids is 1. The van der Waals surface area contributed by atoms with Gasteiger partial charge in [-0.1, -0.05) is 13.8 Å².